The lowest BCUT2D eigenvalue weighted by Gasteiger charge is -2.20. The first-order chi connectivity index (χ1) is 13.1. The van der Waals surface area contributed by atoms with Crippen LogP contribution < -0.4 is 10.2 Å². The number of nitrogens with zero attached hydrogens (tertiary/aromatic N) is 2. The number of carbonyl (C=O) groups excluding carboxylic acids is 1. The Kier molecular flexibility index (Phi) is 5.42. The van der Waals surface area contributed by atoms with Gasteiger partial charge in [0.2, 0.25) is 10.0 Å². The molecule has 3 rings (SSSR count). The summed E-state index contributed by atoms with van der Waals surface area (Å²) in [7, 11) is 2.85. The second-order valence-electron chi connectivity index (χ2n) is 6.61. The monoisotopic (exact) mass is 421 g/mol. The molecule has 0 saturated carbocycles. The number of benzene rings is 2. The van der Waals surface area contributed by atoms with Crippen LogP contribution >= 0.6 is 11.3 Å². The minimum atomic E-state index is -3.64. The number of rotatable bonds is 5. The van der Waals surface area contributed by atoms with Crippen LogP contribution in [0.15, 0.2) is 47.4 Å². The molecule has 0 saturated heterocycles. The lowest BCUT2D eigenvalue weighted by Crippen LogP contribution is -2.23. The summed E-state index contributed by atoms with van der Waals surface area (Å²) in [5.41, 5.74) is 1.04. The van der Waals surface area contributed by atoms with Crippen molar-refractivity contribution in [1.82, 2.24) is 4.31 Å². The molecule has 0 fully saturated rings. The molecule has 0 bridgehead atoms. The quantitative estimate of drug-likeness (QED) is 0.683. The van der Waals surface area contributed by atoms with E-state index in [4.69, 9.17) is 0 Å². The zero-order valence-corrected chi connectivity index (χ0v) is 17.5. The predicted octanol–water partition coefficient (Wildman–Crippen LogP) is 3.61. The van der Waals surface area contributed by atoms with Crippen LogP contribution in [0.2, 0.25) is 0 Å². The molecule has 0 aliphatic heterocycles. The number of hydrogen-bond donors (Lipinski definition) is 1. The van der Waals surface area contributed by atoms with Crippen LogP contribution in [0.5, 0.6) is 0 Å². The Morgan fingerprint density at radius 3 is 2.39 bits per heavy atom. The number of fused-ring (bicyclic) bond motifs is 1. The maximum absolute atomic E-state index is 13.4. The molecule has 1 amide bonds. The Hall–Kier alpha value is -2.49. The van der Waals surface area contributed by atoms with Crippen LogP contribution in [0, 0.1) is 5.82 Å². The molecule has 0 unspecified atom stereocenters. The van der Waals surface area contributed by atoms with Gasteiger partial charge in [0.25, 0.3) is 5.91 Å². The molecule has 1 heterocycles. The van der Waals surface area contributed by atoms with Crippen molar-refractivity contribution in [3.05, 3.63) is 53.2 Å². The largest absolute Gasteiger partial charge is 0.376 e. The number of halogens is 1. The minimum absolute atomic E-state index is 0.0804. The van der Waals surface area contributed by atoms with Crippen LogP contribution in [-0.2, 0) is 10.0 Å². The van der Waals surface area contributed by atoms with Crippen LogP contribution in [0.4, 0.5) is 15.8 Å². The Morgan fingerprint density at radius 1 is 1.04 bits per heavy atom. The standard InChI is InChI=1S/C19H20FN3O3S2/c1-22(2)16-7-6-14(28(25,26)23(3)4)11-15(16)21-19(24)18-10-12-9-13(20)5-8-17(12)27-18/h5-11H,1-4H3,(H,21,24). The van der Waals surface area contributed by atoms with Crippen molar-refractivity contribution in [2.45, 2.75) is 4.90 Å². The van der Waals surface area contributed by atoms with Crippen LogP contribution in [0.3, 0.4) is 0 Å². The molecule has 6 nitrogen and oxygen atoms in total. The van der Waals surface area contributed by atoms with Gasteiger partial charge in [-0.1, -0.05) is 0 Å². The van der Waals surface area contributed by atoms with Crippen molar-refractivity contribution in [1.29, 1.82) is 0 Å². The molecule has 0 spiro atoms. The van der Waals surface area contributed by atoms with E-state index >= 15 is 0 Å². The third-order valence-electron chi connectivity index (χ3n) is 4.18. The third-order valence-corrected chi connectivity index (χ3v) is 7.10. The second-order valence-corrected chi connectivity index (χ2v) is 9.84. The van der Waals surface area contributed by atoms with Gasteiger partial charge in [-0.3, -0.25) is 4.79 Å². The van der Waals surface area contributed by atoms with E-state index in [1.807, 2.05) is 0 Å². The number of hydrogen-bond acceptors (Lipinski definition) is 5. The summed E-state index contributed by atoms with van der Waals surface area (Å²) in [5, 5.41) is 3.43. The highest BCUT2D eigenvalue weighted by atomic mass is 32.2. The molecule has 0 atom stereocenters. The van der Waals surface area contributed by atoms with Gasteiger partial charge in [0.05, 0.1) is 21.1 Å². The number of carbonyl (C=O) groups is 1. The normalized spacial score (nSPS) is 11.8. The van der Waals surface area contributed by atoms with Crippen molar-refractivity contribution < 1.29 is 17.6 Å². The van der Waals surface area contributed by atoms with Crippen LogP contribution in [-0.4, -0.2) is 46.8 Å². The number of sulfonamides is 1. The lowest BCUT2D eigenvalue weighted by molar-refractivity contribution is 0.103. The molecule has 2 aromatic carbocycles. The van der Waals surface area contributed by atoms with Gasteiger partial charge in [0, 0.05) is 32.9 Å². The van der Waals surface area contributed by atoms with Crippen LogP contribution in [0.25, 0.3) is 10.1 Å². The minimum Gasteiger partial charge on any atom is -0.376 e. The fourth-order valence-electron chi connectivity index (χ4n) is 2.69. The molecule has 0 aliphatic rings. The summed E-state index contributed by atoms with van der Waals surface area (Å²) in [6.07, 6.45) is 0. The van der Waals surface area contributed by atoms with Crippen molar-refractivity contribution in [2.75, 3.05) is 38.4 Å². The van der Waals surface area contributed by atoms with E-state index in [-0.39, 0.29) is 16.6 Å². The first-order valence-electron chi connectivity index (χ1n) is 8.34. The molecular formula is C19H20FN3O3S2. The van der Waals surface area contributed by atoms with Gasteiger partial charge in [-0.2, -0.15) is 0 Å². The highest BCUT2D eigenvalue weighted by Gasteiger charge is 2.21. The molecule has 148 valence electrons. The fraction of sp³-hybridized carbons (Fsp3) is 0.211. The van der Waals surface area contributed by atoms with E-state index in [0.717, 1.165) is 9.01 Å². The molecule has 0 radical (unpaired) electrons. The number of amides is 1. The van der Waals surface area contributed by atoms with Gasteiger partial charge < -0.3 is 10.2 Å². The third kappa shape index (κ3) is 3.87. The Bertz CT molecular complexity index is 1150. The van der Waals surface area contributed by atoms with Crippen molar-refractivity contribution in [3.63, 3.8) is 0 Å². The maximum Gasteiger partial charge on any atom is 0.265 e. The fourth-order valence-corrected chi connectivity index (χ4v) is 4.55. The molecule has 1 aromatic heterocycles. The van der Waals surface area contributed by atoms with Gasteiger partial charge in [-0.05, 0) is 47.9 Å². The first kappa shape index (κ1) is 20.2. The Balaban J connectivity index is 2.00. The average Bonchev–Trinajstić information content (AvgIpc) is 3.04. The number of nitrogens with one attached hydrogen (secondary N) is 1. The van der Waals surface area contributed by atoms with Gasteiger partial charge >= 0.3 is 0 Å². The summed E-state index contributed by atoms with van der Waals surface area (Å²) in [4.78, 5) is 15.0. The van der Waals surface area contributed by atoms with E-state index < -0.39 is 10.0 Å². The van der Waals surface area contributed by atoms with Crippen LogP contribution in [0.1, 0.15) is 9.67 Å². The molecule has 0 aliphatic carbocycles. The smallest absolute Gasteiger partial charge is 0.265 e. The topological polar surface area (TPSA) is 69.7 Å². The van der Waals surface area contributed by atoms with Gasteiger partial charge in [-0.25, -0.2) is 17.1 Å². The second kappa shape index (κ2) is 7.50. The number of thiophene rings is 1. The van der Waals surface area contributed by atoms with Crippen molar-refractivity contribution >= 4 is 48.7 Å². The lowest BCUT2D eigenvalue weighted by atomic mass is 10.2. The van der Waals surface area contributed by atoms with Crippen molar-refractivity contribution in [2.24, 2.45) is 0 Å². The Labute approximate surface area is 167 Å². The highest BCUT2D eigenvalue weighted by Crippen LogP contribution is 2.31. The highest BCUT2D eigenvalue weighted by molar-refractivity contribution is 7.89. The van der Waals surface area contributed by atoms with E-state index in [1.54, 1.807) is 37.2 Å². The van der Waals surface area contributed by atoms with E-state index in [1.165, 1.54) is 49.7 Å². The first-order valence-corrected chi connectivity index (χ1v) is 10.6. The molecule has 28 heavy (non-hydrogen) atoms. The molecule has 1 N–H and O–H groups in total. The SMILES string of the molecule is CN(C)c1ccc(S(=O)(=O)N(C)C)cc1NC(=O)c1cc2cc(F)ccc2s1. The predicted molar refractivity (Wildman–Crippen MR) is 111 cm³/mol. The van der Waals surface area contributed by atoms with Crippen molar-refractivity contribution in [3.8, 4) is 0 Å². The summed E-state index contributed by atoms with van der Waals surface area (Å²) in [6.45, 7) is 0. The van der Waals surface area contributed by atoms with E-state index in [9.17, 15) is 17.6 Å². The molecule has 3 aromatic rings. The molecular weight excluding hydrogens is 401 g/mol. The van der Waals surface area contributed by atoms with E-state index in [2.05, 4.69) is 5.32 Å². The van der Waals surface area contributed by atoms with Gasteiger partial charge in [0.1, 0.15) is 5.82 Å². The zero-order valence-electron chi connectivity index (χ0n) is 15.9. The summed E-state index contributed by atoms with van der Waals surface area (Å²) < 4.78 is 40.2. The Morgan fingerprint density at radius 2 is 1.75 bits per heavy atom. The van der Waals surface area contributed by atoms with E-state index in [0.29, 0.717) is 21.6 Å². The average molecular weight is 422 g/mol. The van der Waals surface area contributed by atoms with Gasteiger partial charge in [-0.15, -0.1) is 11.3 Å². The summed E-state index contributed by atoms with van der Waals surface area (Å²) in [5.74, 6) is -0.752. The zero-order chi connectivity index (χ0) is 20.6. The summed E-state index contributed by atoms with van der Waals surface area (Å²) in [6, 6.07) is 10.6. The summed E-state index contributed by atoms with van der Waals surface area (Å²) >= 11 is 1.24. The number of anilines is 2. The van der Waals surface area contributed by atoms with Gasteiger partial charge in [0.15, 0.2) is 0 Å². The molecule has 9 heteroatoms. The maximum atomic E-state index is 13.4.